The molecule has 0 unspecified atom stereocenters. The van der Waals surface area contributed by atoms with Crippen molar-refractivity contribution in [3.8, 4) is 0 Å². The van der Waals surface area contributed by atoms with Crippen LogP contribution in [0.5, 0.6) is 0 Å². The Morgan fingerprint density at radius 1 is 1.75 bits per heavy atom. The van der Waals surface area contributed by atoms with E-state index in [9.17, 15) is 4.79 Å². The van der Waals surface area contributed by atoms with Crippen molar-refractivity contribution in [1.29, 1.82) is 0 Å². The van der Waals surface area contributed by atoms with Crippen molar-refractivity contribution in [2.75, 3.05) is 12.3 Å². The Morgan fingerprint density at radius 3 is 2.38 bits per heavy atom. The molecule has 0 spiro atoms. The minimum atomic E-state index is 0. The molecule has 0 aromatic heterocycles. The Morgan fingerprint density at radius 2 is 2.25 bits per heavy atom. The van der Waals surface area contributed by atoms with Crippen molar-refractivity contribution in [3.63, 3.8) is 0 Å². The number of carbonyl (C=O) groups excluding carboxylic acids is 1. The van der Waals surface area contributed by atoms with Gasteiger partial charge in [0.15, 0.2) is 5.12 Å². The Bertz CT molecular complexity index is 69.1. The molecule has 0 atom stereocenters. The second-order valence-electron chi connectivity index (χ2n) is 1.13. The zero-order valence-corrected chi connectivity index (χ0v) is 7.25. The number of halogens is 1. The summed E-state index contributed by atoms with van der Waals surface area (Å²) >= 11 is 1.27. The SMILES string of the molecule is Br.CC(=O)SCCN. The van der Waals surface area contributed by atoms with Crippen LogP contribution in [0.2, 0.25) is 0 Å². The summed E-state index contributed by atoms with van der Waals surface area (Å²) in [6.07, 6.45) is 0. The van der Waals surface area contributed by atoms with Crippen molar-refractivity contribution >= 4 is 33.9 Å². The molecule has 0 aromatic carbocycles. The lowest BCUT2D eigenvalue weighted by atomic mass is 10.8. The summed E-state index contributed by atoms with van der Waals surface area (Å²) in [7, 11) is 0. The van der Waals surface area contributed by atoms with Gasteiger partial charge in [0.1, 0.15) is 0 Å². The van der Waals surface area contributed by atoms with Crippen LogP contribution in [0.3, 0.4) is 0 Å². The van der Waals surface area contributed by atoms with Gasteiger partial charge in [-0.3, -0.25) is 4.79 Å². The molecule has 8 heavy (non-hydrogen) atoms. The van der Waals surface area contributed by atoms with E-state index in [1.807, 2.05) is 0 Å². The van der Waals surface area contributed by atoms with E-state index in [0.29, 0.717) is 6.54 Å². The number of carbonyl (C=O) groups is 1. The summed E-state index contributed by atoms with van der Waals surface area (Å²) in [5.41, 5.74) is 5.10. The second-order valence-corrected chi connectivity index (χ2v) is 2.40. The lowest BCUT2D eigenvalue weighted by Gasteiger charge is -1.87. The number of rotatable bonds is 2. The van der Waals surface area contributed by atoms with Gasteiger partial charge in [0.05, 0.1) is 0 Å². The van der Waals surface area contributed by atoms with Crippen LogP contribution < -0.4 is 5.73 Å². The minimum Gasteiger partial charge on any atom is -0.330 e. The van der Waals surface area contributed by atoms with Gasteiger partial charge >= 0.3 is 0 Å². The van der Waals surface area contributed by atoms with Crippen molar-refractivity contribution in [2.24, 2.45) is 5.73 Å². The third kappa shape index (κ3) is 9.68. The van der Waals surface area contributed by atoms with Gasteiger partial charge in [-0.05, 0) is 0 Å². The fourth-order valence-electron chi connectivity index (χ4n) is 0.203. The van der Waals surface area contributed by atoms with Crippen molar-refractivity contribution in [3.05, 3.63) is 0 Å². The lowest BCUT2D eigenvalue weighted by Crippen LogP contribution is -2.02. The van der Waals surface area contributed by atoms with Crippen LogP contribution in [-0.2, 0) is 4.79 Å². The van der Waals surface area contributed by atoms with Gasteiger partial charge in [-0.1, -0.05) is 11.8 Å². The van der Waals surface area contributed by atoms with E-state index in [1.165, 1.54) is 11.8 Å². The van der Waals surface area contributed by atoms with E-state index in [2.05, 4.69) is 0 Å². The summed E-state index contributed by atoms with van der Waals surface area (Å²) in [6.45, 7) is 2.13. The van der Waals surface area contributed by atoms with Crippen molar-refractivity contribution in [1.82, 2.24) is 0 Å². The van der Waals surface area contributed by atoms with Gasteiger partial charge in [0, 0.05) is 19.2 Å². The molecule has 0 radical (unpaired) electrons. The van der Waals surface area contributed by atoms with E-state index in [0.717, 1.165) is 5.75 Å². The maximum Gasteiger partial charge on any atom is 0.185 e. The fourth-order valence-corrected chi connectivity index (χ4v) is 0.608. The topological polar surface area (TPSA) is 43.1 Å². The highest BCUT2D eigenvalue weighted by atomic mass is 79.9. The average molecular weight is 200 g/mol. The summed E-state index contributed by atoms with van der Waals surface area (Å²) in [6, 6.07) is 0. The first kappa shape index (κ1) is 11.3. The maximum absolute atomic E-state index is 10.1. The van der Waals surface area contributed by atoms with Gasteiger partial charge in [0.25, 0.3) is 0 Å². The highest BCUT2D eigenvalue weighted by Crippen LogP contribution is 1.96. The number of hydrogen-bond donors (Lipinski definition) is 1. The first-order valence-corrected chi connectivity index (χ1v) is 3.09. The molecule has 0 aromatic rings. The number of hydrogen-bond acceptors (Lipinski definition) is 3. The van der Waals surface area contributed by atoms with Crippen LogP contribution >= 0.6 is 28.7 Å². The molecule has 0 fully saturated rings. The van der Waals surface area contributed by atoms with Crippen LogP contribution in [0, 0.1) is 0 Å². The average Bonchev–Trinajstić information content (AvgIpc) is 1.61. The third-order valence-electron chi connectivity index (χ3n) is 0.423. The smallest absolute Gasteiger partial charge is 0.185 e. The quantitative estimate of drug-likeness (QED) is 0.717. The lowest BCUT2D eigenvalue weighted by molar-refractivity contribution is -0.109. The van der Waals surface area contributed by atoms with Gasteiger partial charge in [-0.2, -0.15) is 0 Å². The molecule has 0 saturated carbocycles. The molecule has 0 rings (SSSR count). The number of thioether (sulfide) groups is 1. The predicted molar refractivity (Wildman–Crippen MR) is 42.5 cm³/mol. The summed E-state index contributed by atoms with van der Waals surface area (Å²) < 4.78 is 0. The summed E-state index contributed by atoms with van der Waals surface area (Å²) in [4.78, 5) is 10.1. The van der Waals surface area contributed by atoms with E-state index in [-0.39, 0.29) is 22.1 Å². The molecule has 2 N–H and O–H groups in total. The molecule has 4 heteroatoms. The predicted octanol–water partition coefficient (Wildman–Crippen LogP) is 0.803. The molecule has 0 aliphatic heterocycles. The van der Waals surface area contributed by atoms with E-state index >= 15 is 0 Å². The fraction of sp³-hybridized carbons (Fsp3) is 0.750. The Labute approximate surface area is 64.0 Å². The van der Waals surface area contributed by atoms with E-state index in [4.69, 9.17) is 5.73 Å². The highest BCUT2D eigenvalue weighted by Gasteiger charge is 1.87. The largest absolute Gasteiger partial charge is 0.330 e. The molecule has 0 bridgehead atoms. The van der Waals surface area contributed by atoms with Gasteiger partial charge in [-0.15, -0.1) is 17.0 Å². The van der Waals surface area contributed by atoms with Crippen LogP contribution in [0.25, 0.3) is 0 Å². The van der Waals surface area contributed by atoms with Gasteiger partial charge in [0.2, 0.25) is 0 Å². The van der Waals surface area contributed by atoms with E-state index < -0.39 is 0 Å². The monoisotopic (exact) mass is 199 g/mol. The molecule has 50 valence electrons. The molecule has 0 amide bonds. The summed E-state index contributed by atoms with van der Waals surface area (Å²) in [5, 5.41) is 0.144. The zero-order valence-electron chi connectivity index (χ0n) is 4.72. The zero-order chi connectivity index (χ0) is 5.70. The summed E-state index contributed by atoms with van der Waals surface area (Å²) in [5.74, 6) is 0.745. The maximum atomic E-state index is 10.1. The molecule has 0 aliphatic carbocycles. The Kier molecular flexibility index (Phi) is 10.5. The van der Waals surface area contributed by atoms with Crippen LogP contribution in [0.4, 0.5) is 0 Å². The van der Waals surface area contributed by atoms with Crippen molar-refractivity contribution in [2.45, 2.75) is 6.92 Å². The normalized spacial score (nSPS) is 7.75. The van der Waals surface area contributed by atoms with Crippen LogP contribution in [0.1, 0.15) is 6.92 Å². The molecule has 0 aliphatic rings. The molecular weight excluding hydrogens is 190 g/mol. The number of nitrogens with two attached hydrogens (primary N) is 1. The standard InChI is InChI=1S/C4H9NOS.BrH/c1-4(6)7-3-2-5;/h2-3,5H2,1H3;1H. The first-order chi connectivity index (χ1) is 3.27. The first-order valence-electron chi connectivity index (χ1n) is 2.11. The highest BCUT2D eigenvalue weighted by molar-refractivity contribution is 8.93. The second kappa shape index (κ2) is 7.46. The van der Waals surface area contributed by atoms with Gasteiger partial charge < -0.3 is 5.73 Å². The third-order valence-corrected chi connectivity index (χ3v) is 1.27. The van der Waals surface area contributed by atoms with Crippen LogP contribution in [-0.4, -0.2) is 17.4 Å². The van der Waals surface area contributed by atoms with Gasteiger partial charge in [-0.25, -0.2) is 0 Å². The molecule has 0 heterocycles. The molecule has 2 nitrogen and oxygen atoms in total. The Hall–Kier alpha value is 0.460. The van der Waals surface area contributed by atoms with E-state index in [1.54, 1.807) is 6.92 Å². The molecule has 0 saturated heterocycles. The van der Waals surface area contributed by atoms with Crippen LogP contribution in [0.15, 0.2) is 0 Å². The van der Waals surface area contributed by atoms with Crippen molar-refractivity contribution < 1.29 is 4.79 Å². The molecular formula is C4H10BrNOS. The Balaban J connectivity index is 0. The minimum absolute atomic E-state index is 0.